The second-order valence-electron chi connectivity index (χ2n) is 4.44. The van der Waals surface area contributed by atoms with Gasteiger partial charge in [0, 0.05) is 6.54 Å². The van der Waals surface area contributed by atoms with E-state index >= 15 is 0 Å². The summed E-state index contributed by atoms with van der Waals surface area (Å²) in [5.41, 5.74) is 2.73. The minimum Gasteiger partial charge on any atom is -0.462 e. The molecule has 5 heteroatoms. The Hall–Kier alpha value is -2.30. The lowest BCUT2D eigenvalue weighted by Crippen LogP contribution is -2.33. The number of carbonyl (C=O) groups excluding carboxylic acids is 2. The van der Waals surface area contributed by atoms with Gasteiger partial charge in [0.15, 0.2) is 0 Å². The van der Waals surface area contributed by atoms with E-state index in [1.165, 1.54) is 0 Å². The van der Waals surface area contributed by atoms with E-state index in [1.807, 2.05) is 17.0 Å². The van der Waals surface area contributed by atoms with E-state index in [0.29, 0.717) is 23.6 Å². The summed E-state index contributed by atoms with van der Waals surface area (Å²) in [6.45, 7) is 2.90. The zero-order valence-corrected chi connectivity index (χ0v) is 10.6. The van der Waals surface area contributed by atoms with Gasteiger partial charge in [0.2, 0.25) is 0 Å². The standard InChI is InChI=1S/C14H14N2O3/c1-2-19-14(18)9-5-6-11-10(8-9)15-13(17)12-4-3-7-16(11)12/h4-6,8H,2-3,7H2,1H3,(H,15,17). The highest BCUT2D eigenvalue weighted by molar-refractivity contribution is 6.12. The Morgan fingerprint density at radius 2 is 2.32 bits per heavy atom. The van der Waals surface area contributed by atoms with Gasteiger partial charge in [0.05, 0.1) is 23.5 Å². The molecule has 0 radical (unpaired) electrons. The number of ether oxygens (including phenoxy) is 1. The average Bonchev–Trinajstić information content (AvgIpc) is 2.88. The predicted molar refractivity (Wildman–Crippen MR) is 71.1 cm³/mol. The van der Waals surface area contributed by atoms with E-state index in [-0.39, 0.29) is 11.9 Å². The average molecular weight is 258 g/mol. The Labute approximate surface area is 110 Å². The molecule has 0 unspecified atom stereocenters. The largest absolute Gasteiger partial charge is 0.462 e. The molecular formula is C14H14N2O3. The Kier molecular flexibility index (Phi) is 2.74. The number of benzene rings is 1. The van der Waals surface area contributed by atoms with Crippen LogP contribution in [0.2, 0.25) is 0 Å². The number of amides is 1. The Morgan fingerprint density at radius 3 is 3.11 bits per heavy atom. The monoisotopic (exact) mass is 258 g/mol. The van der Waals surface area contributed by atoms with Gasteiger partial charge in [-0.15, -0.1) is 0 Å². The fourth-order valence-electron chi connectivity index (χ4n) is 2.43. The van der Waals surface area contributed by atoms with Gasteiger partial charge in [-0.05, 0) is 31.5 Å². The molecule has 2 heterocycles. The molecule has 0 aliphatic carbocycles. The fourth-order valence-corrected chi connectivity index (χ4v) is 2.43. The van der Waals surface area contributed by atoms with Crippen LogP contribution < -0.4 is 10.2 Å². The summed E-state index contributed by atoms with van der Waals surface area (Å²) in [6, 6.07) is 5.24. The summed E-state index contributed by atoms with van der Waals surface area (Å²) in [4.78, 5) is 25.6. The van der Waals surface area contributed by atoms with Crippen LogP contribution in [-0.4, -0.2) is 25.0 Å². The van der Waals surface area contributed by atoms with Crippen LogP contribution in [0.15, 0.2) is 30.0 Å². The van der Waals surface area contributed by atoms with Gasteiger partial charge in [-0.25, -0.2) is 4.79 Å². The van der Waals surface area contributed by atoms with Crippen LogP contribution in [-0.2, 0) is 9.53 Å². The van der Waals surface area contributed by atoms with E-state index in [0.717, 1.165) is 18.7 Å². The minimum absolute atomic E-state index is 0.119. The normalized spacial score (nSPS) is 16.4. The number of hydrogen-bond acceptors (Lipinski definition) is 4. The number of nitrogens with zero attached hydrogens (tertiary/aromatic N) is 1. The third-order valence-corrected chi connectivity index (χ3v) is 3.26. The summed E-state index contributed by atoms with van der Waals surface area (Å²) in [7, 11) is 0. The minimum atomic E-state index is -0.373. The quantitative estimate of drug-likeness (QED) is 0.823. The van der Waals surface area contributed by atoms with E-state index in [9.17, 15) is 9.59 Å². The van der Waals surface area contributed by atoms with Crippen molar-refractivity contribution in [1.82, 2.24) is 0 Å². The number of fused-ring (bicyclic) bond motifs is 3. The Balaban J connectivity index is 1.99. The van der Waals surface area contributed by atoms with E-state index in [2.05, 4.69) is 5.32 Å². The molecule has 2 aliphatic heterocycles. The Bertz CT molecular complexity index is 592. The summed E-state index contributed by atoms with van der Waals surface area (Å²) in [5, 5.41) is 2.81. The first kappa shape index (κ1) is 11.8. The number of anilines is 2. The van der Waals surface area contributed by atoms with Crippen molar-refractivity contribution < 1.29 is 14.3 Å². The van der Waals surface area contributed by atoms with Crippen molar-refractivity contribution in [1.29, 1.82) is 0 Å². The molecule has 0 saturated carbocycles. The first-order valence-electron chi connectivity index (χ1n) is 6.31. The molecule has 1 amide bonds. The first-order valence-corrected chi connectivity index (χ1v) is 6.31. The van der Waals surface area contributed by atoms with Crippen LogP contribution in [0.1, 0.15) is 23.7 Å². The summed E-state index contributed by atoms with van der Waals surface area (Å²) in [5.74, 6) is -0.492. The van der Waals surface area contributed by atoms with Crippen molar-refractivity contribution in [3.05, 3.63) is 35.5 Å². The Morgan fingerprint density at radius 1 is 1.47 bits per heavy atom. The van der Waals surface area contributed by atoms with Crippen molar-refractivity contribution >= 4 is 23.3 Å². The zero-order chi connectivity index (χ0) is 13.4. The van der Waals surface area contributed by atoms with E-state index < -0.39 is 0 Å². The molecule has 0 fully saturated rings. The number of esters is 1. The maximum Gasteiger partial charge on any atom is 0.338 e. The number of carbonyl (C=O) groups is 2. The van der Waals surface area contributed by atoms with Gasteiger partial charge in [0.1, 0.15) is 5.70 Å². The molecule has 0 bridgehead atoms. The molecule has 2 aliphatic rings. The maximum absolute atomic E-state index is 11.9. The molecule has 3 rings (SSSR count). The number of hydrogen-bond donors (Lipinski definition) is 1. The van der Waals surface area contributed by atoms with Crippen LogP contribution in [0.25, 0.3) is 0 Å². The van der Waals surface area contributed by atoms with Crippen LogP contribution >= 0.6 is 0 Å². The first-order chi connectivity index (χ1) is 9.20. The molecular weight excluding hydrogens is 244 g/mol. The molecule has 1 aromatic carbocycles. The van der Waals surface area contributed by atoms with Crippen molar-refractivity contribution in [2.45, 2.75) is 13.3 Å². The topological polar surface area (TPSA) is 58.6 Å². The summed E-state index contributed by atoms with van der Waals surface area (Å²) in [6.07, 6.45) is 2.79. The van der Waals surface area contributed by atoms with Crippen LogP contribution in [0, 0.1) is 0 Å². The van der Waals surface area contributed by atoms with Gasteiger partial charge in [0.25, 0.3) is 5.91 Å². The molecule has 1 aromatic rings. The highest BCUT2D eigenvalue weighted by atomic mass is 16.5. The number of rotatable bonds is 2. The second-order valence-corrected chi connectivity index (χ2v) is 4.44. The van der Waals surface area contributed by atoms with E-state index in [1.54, 1.807) is 19.1 Å². The van der Waals surface area contributed by atoms with Crippen molar-refractivity contribution in [3.8, 4) is 0 Å². The second kappa shape index (κ2) is 4.42. The number of nitrogens with one attached hydrogen (secondary N) is 1. The van der Waals surface area contributed by atoms with Gasteiger partial charge < -0.3 is 15.0 Å². The maximum atomic E-state index is 11.9. The molecule has 5 nitrogen and oxygen atoms in total. The molecule has 0 saturated heterocycles. The molecule has 1 N–H and O–H groups in total. The van der Waals surface area contributed by atoms with Crippen LogP contribution in [0.5, 0.6) is 0 Å². The molecule has 19 heavy (non-hydrogen) atoms. The predicted octanol–water partition coefficient (Wildman–Crippen LogP) is 1.91. The highest BCUT2D eigenvalue weighted by Gasteiger charge is 2.30. The van der Waals surface area contributed by atoms with Gasteiger partial charge in [-0.3, -0.25) is 4.79 Å². The molecule has 0 atom stereocenters. The lowest BCUT2D eigenvalue weighted by Gasteiger charge is -2.29. The van der Waals surface area contributed by atoms with Crippen molar-refractivity contribution in [2.75, 3.05) is 23.4 Å². The van der Waals surface area contributed by atoms with Crippen molar-refractivity contribution in [3.63, 3.8) is 0 Å². The lowest BCUT2D eigenvalue weighted by molar-refractivity contribution is -0.113. The lowest BCUT2D eigenvalue weighted by atomic mass is 10.1. The molecule has 0 spiro atoms. The van der Waals surface area contributed by atoms with Crippen molar-refractivity contribution in [2.24, 2.45) is 0 Å². The van der Waals surface area contributed by atoms with Crippen LogP contribution in [0.3, 0.4) is 0 Å². The van der Waals surface area contributed by atoms with Crippen LogP contribution in [0.4, 0.5) is 11.4 Å². The molecule has 0 aromatic heterocycles. The highest BCUT2D eigenvalue weighted by Crippen LogP contribution is 2.36. The summed E-state index contributed by atoms with van der Waals surface area (Å²) < 4.78 is 4.96. The van der Waals surface area contributed by atoms with E-state index in [4.69, 9.17) is 4.74 Å². The third-order valence-electron chi connectivity index (χ3n) is 3.26. The van der Waals surface area contributed by atoms with Gasteiger partial charge >= 0.3 is 5.97 Å². The molecule has 98 valence electrons. The van der Waals surface area contributed by atoms with Gasteiger partial charge in [-0.1, -0.05) is 6.08 Å². The third kappa shape index (κ3) is 1.87. The SMILES string of the molecule is CCOC(=O)c1ccc2c(c1)NC(=O)C1=CCCN12. The summed E-state index contributed by atoms with van der Waals surface area (Å²) >= 11 is 0. The fraction of sp³-hybridized carbons (Fsp3) is 0.286. The zero-order valence-electron chi connectivity index (χ0n) is 10.6. The smallest absolute Gasteiger partial charge is 0.338 e. The van der Waals surface area contributed by atoms with Gasteiger partial charge in [-0.2, -0.15) is 0 Å².